The van der Waals surface area contributed by atoms with E-state index in [0.717, 1.165) is 59.6 Å². The molecule has 1 saturated heterocycles. The number of imide groups is 1. The standard InChI is InChI=1S/C34H31F3N4O4S2/c1-4-39(5-2)21-16-14-20(15-17-21)26-27-28(31(44)41(30(27)43)24-13-9-7-11-22(24)34(35,36)37)46-32-29(26)47-33(45)40(32)18-25(42)38-23-12-8-6-10-19(23)3/h6-17,26-28H,4-5,18H2,1-3H3,(H,38,42). The zero-order valence-electron chi connectivity index (χ0n) is 25.7. The molecule has 3 aromatic carbocycles. The molecule has 0 spiro atoms. The van der Waals surface area contributed by atoms with Crippen molar-refractivity contribution in [3.8, 4) is 0 Å². The Morgan fingerprint density at radius 1 is 0.915 bits per heavy atom. The van der Waals surface area contributed by atoms with E-state index in [0.29, 0.717) is 26.1 Å². The van der Waals surface area contributed by atoms with Crippen LogP contribution in [0.25, 0.3) is 0 Å². The fourth-order valence-electron chi connectivity index (χ4n) is 6.29. The van der Waals surface area contributed by atoms with E-state index in [-0.39, 0.29) is 6.54 Å². The van der Waals surface area contributed by atoms with Crippen molar-refractivity contribution >= 4 is 57.9 Å². The van der Waals surface area contributed by atoms with Crippen LogP contribution in [-0.4, -0.2) is 40.6 Å². The maximum absolute atomic E-state index is 14.2. The molecule has 47 heavy (non-hydrogen) atoms. The van der Waals surface area contributed by atoms with Crippen LogP contribution in [0.4, 0.5) is 30.2 Å². The lowest BCUT2D eigenvalue weighted by molar-refractivity contribution is -0.137. The average Bonchev–Trinajstić information content (AvgIpc) is 3.48. The second-order valence-electron chi connectivity index (χ2n) is 11.3. The fourth-order valence-corrected chi connectivity index (χ4v) is 9.06. The van der Waals surface area contributed by atoms with Gasteiger partial charge in [-0.3, -0.25) is 23.7 Å². The number of carbonyl (C=O) groups excluding carboxylic acids is 3. The topological polar surface area (TPSA) is 91.7 Å². The molecule has 3 amide bonds. The van der Waals surface area contributed by atoms with E-state index in [9.17, 15) is 32.3 Å². The summed E-state index contributed by atoms with van der Waals surface area (Å²) in [6, 6.07) is 19.2. The molecule has 3 unspecified atom stereocenters. The number of hydrogen-bond acceptors (Lipinski definition) is 7. The van der Waals surface area contributed by atoms with Gasteiger partial charge in [-0.05, 0) is 62.2 Å². The molecule has 0 aliphatic carbocycles. The minimum Gasteiger partial charge on any atom is -0.372 e. The molecule has 0 saturated carbocycles. The number of aromatic nitrogens is 1. The molecule has 6 rings (SSSR count). The molecule has 0 bridgehead atoms. The summed E-state index contributed by atoms with van der Waals surface area (Å²) in [5.41, 5.74) is 1.38. The predicted molar refractivity (Wildman–Crippen MR) is 177 cm³/mol. The number of aryl methyl sites for hydroxylation is 1. The van der Waals surface area contributed by atoms with Gasteiger partial charge in [-0.2, -0.15) is 13.2 Å². The van der Waals surface area contributed by atoms with Gasteiger partial charge < -0.3 is 10.2 Å². The molecule has 2 aliphatic heterocycles. The number of para-hydroxylation sites is 2. The maximum atomic E-state index is 14.2. The second kappa shape index (κ2) is 12.7. The molecular formula is C34H31F3N4O4S2. The van der Waals surface area contributed by atoms with Crippen LogP contribution in [0.5, 0.6) is 0 Å². The van der Waals surface area contributed by atoms with Crippen LogP contribution in [0.2, 0.25) is 0 Å². The summed E-state index contributed by atoms with van der Waals surface area (Å²) in [6.07, 6.45) is -4.80. The number of hydrogen-bond donors (Lipinski definition) is 1. The highest BCUT2D eigenvalue weighted by Crippen LogP contribution is 2.54. The van der Waals surface area contributed by atoms with Crippen LogP contribution >= 0.6 is 23.1 Å². The number of thioether (sulfide) groups is 1. The van der Waals surface area contributed by atoms with Crippen LogP contribution in [-0.2, 0) is 27.1 Å². The number of amides is 3. The van der Waals surface area contributed by atoms with Crippen molar-refractivity contribution in [2.75, 3.05) is 28.2 Å². The minimum absolute atomic E-state index is 0.347. The van der Waals surface area contributed by atoms with Crippen molar-refractivity contribution in [1.82, 2.24) is 4.57 Å². The Morgan fingerprint density at radius 3 is 2.23 bits per heavy atom. The number of nitrogens with one attached hydrogen (secondary N) is 1. The first-order chi connectivity index (χ1) is 22.4. The van der Waals surface area contributed by atoms with Crippen LogP contribution in [0.3, 0.4) is 0 Å². The summed E-state index contributed by atoms with van der Waals surface area (Å²) < 4.78 is 43.5. The Labute approximate surface area is 277 Å². The third-order valence-electron chi connectivity index (χ3n) is 8.60. The molecule has 4 aromatic rings. The lowest BCUT2D eigenvalue weighted by Crippen LogP contribution is -2.33. The Bertz CT molecular complexity index is 1920. The van der Waals surface area contributed by atoms with E-state index in [1.54, 1.807) is 12.1 Å². The summed E-state index contributed by atoms with van der Waals surface area (Å²) >= 11 is 1.84. The van der Waals surface area contributed by atoms with Crippen LogP contribution < -0.4 is 20.0 Å². The van der Waals surface area contributed by atoms with Gasteiger partial charge in [-0.15, -0.1) is 0 Å². The number of anilines is 3. The number of fused-ring (bicyclic) bond motifs is 2. The lowest BCUT2D eigenvalue weighted by Gasteiger charge is -2.31. The van der Waals surface area contributed by atoms with E-state index >= 15 is 0 Å². The molecule has 1 fully saturated rings. The van der Waals surface area contributed by atoms with Crippen LogP contribution in [0.1, 0.15) is 41.3 Å². The first kappa shape index (κ1) is 32.6. The number of rotatable bonds is 8. The van der Waals surface area contributed by atoms with Crippen LogP contribution in [0, 0.1) is 12.8 Å². The quantitative estimate of drug-likeness (QED) is 0.213. The van der Waals surface area contributed by atoms with Crippen LogP contribution in [0.15, 0.2) is 82.6 Å². The number of benzene rings is 3. The zero-order valence-corrected chi connectivity index (χ0v) is 27.3. The Morgan fingerprint density at radius 2 is 1.57 bits per heavy atom. The van der Waals surface area contributed by atoms with Gasteiger partial charge >= 0.3 is 11.0 Å². The van der Waals surface area contributed by atoms with Gasteiger partial charge in [0.25, 0.3) is 0 Å². The summed E-state index contributed by atoms with van der Waals surface area (Å²) in [6.45, 7) is 7.07. The highest BCUT2D eigenvalue weighted by molar-refractivity contribution is 8.00. The smallest absolute Gasteiger partial charge is 0.372 e. The molecule has 0 radical (unpaired) electrons. The number of halogens is 3. The van der Waals surface area contributed by atoms with Gasteiger partial charge in [-0.1, -0.05) is 65.6 Å². The van der Waals surface area contributed by atoms with E-state index in [1.807, 2.05) is 57.2 Å². The molecule has 244 valence electrons. The van der Waals surface area contributed by atoms with E-state index in [1.165, 1.54) is 16.7 Å². The zero-order chi connectivity index (χ0) is 33.6. The molecule has 2 aliphatic rings. The van der Waals surface area contributed by atoms with Gasteiger partial charge in [0, 0.05) is 35.3 Å². The third-order valence-corrected chi connectivity index (χ3v) is 11.2. The van der Waals surface area contributed by atoms with Gasteiger partial charge in [0.05, 0.1) is 22.2 Å². The minimum atomic E-state index is -4.80. The Hall–Kier alpha value is -4.36. The first-order valence-corrected chi connectivity index (χ1v) is 16.8. The largest absolute Gasteiger partial charge is 0.418 e. The second-order valence-corrected chi connectivity index (χ2v) is 13.4. The molecule has 8 nitrogen and oxygen atoms in total. The third kappa shape index (κ3) is 5.86. The van der Waals surface area contributed by atoms with Gasteiger partial charge in [0.1, 0.15) is 11.8 Å². The van der Waals surface area contributed by atoms with Crippen molar-refractivity contribution in [3.63, 3.8) is 0 Å². The predicted octanol–water partition coefficient (Wildman–Crippen LogP) is 6.52. The van der Waals surface area contributed by atoms with Gasteiger partial charge in [0.2, 0.25) is 17.7 Å². The monoisotopic (exact) mass is 680 g/mol. The molecular weight excluding hydrogens is 650 g/mol. The van der Waals surface area contributed by atoms with Gasteiger partial charge in [0.15, 0.2) is 0 Å². The van der Waals surface area contributed by atoms with Crippen molar-refractivity contribution in [3.05, 3.63) is 104 Å². The SMILES string of the molecule is CCN(CC)c1ccc(C2c3sc(=O)n(CC(=O)Nc4ccccc4C)c3SC3C(=O)N(c4ccccc4C(F)(F)F)C(=O)C32)cc1. The normalized spacial score (nSPS) is 19.0. The molecule has 3 atom stereocenters. The van der Waals surface area contributed by atoms with Crippen molar-refractivity contribution < 1.29 is 27.6 Å². The van der Waals surface area contributed by atoms with Crippen molar-refractivity contribution in [2.24, 2.45) is 5.92 Å². The number of thiazole rings is 1. The molecule has 1 aromatic heterocycles. The molecule has 1 N–H and O–H groups in total. The van der Waals surface area contributed by atoms with E-state index in [2.05, 4.69) is 10.2 Å². The van der Waals surface area contributed by atoms with Crippen molar-refractivity contribution in [1.29, 1.82) is 0 Å². The Balaban J connectivity index is 1.44. The number of nitrogens with zero attached hydrogens (tertiary/aromatic N) is 3. The Kier molecular flexibility index (Phi) is 8.79. The molecule has 13 heteroatoms. The summed E-state index contributed by atoms with van der Waals surface area (Å²) in [5.74, 6) is -3.91. The number of carbonyl (C=O) groups is 3. The fraction of sp³-hybridized carbons (Fsp3) is 0.294. The highest BCUT2D eigenvalue weighted by atomic mass is 32.2. The highest BCUT2D eigenvalue weighted by Gasteiger charge is 2.57. The summed E-state index contributed by atoms with van der Waals surface area (Å²) in [5, 5.41) is 2.05. The average molecular weight is 681 g/mol. The summed E-state index contributed by atoms with van der Waals surface area (Å²) in [7, 11) is 0. The molecule has 3 heterocycles. The van der Waals surface area contributed by atoms with E-state index < -0.39 is 57.1 Å². The maximum Gasteiger partial charge on any atom is 0.418 e. The van der Waals surface area contributed by atoms with E-state index in [4.69, 9.17) is 0 Å². The number of alkyl halides is 3. The summed E-state index contributed by atoms with van der Waals surface area (Å²) in [4.78, 5) is 57.6. The lowest BCUT2D eigenvalue weighted by atomic mass is 9.83. The van der Waals surface area contributed by atoms with Crippen molar-refractivity contribution in [2.45, 2.75) is 49.7 Å². The van der Waals surface area contributed by atoms with Gasteiger partial charge in [-0.25, -0.2) is 4.90 Å². The first-order valence-electron chi connectivity index (χ1n) is 15.1.